The molecule has 106 valence electrons. The number of rotatable bonds is 5. The lowest BCUT2D eigenvalue weighted by atomic mass is 10.4. The number of nitrogen functional groups attached to an aromatic ring is 1. The average Bonchev–Trinajstić information content (AvgIpc) is 2.86. The number of nitrogens with two attached hydrogens (primary N) is 1. The smallest absolute Gasteiger partial charge is 0.330 e. The first kappa shape index (κ1) is 13.7. The Balaban J connectivity index is 2.07. The molecular formula is C12H21N5O2. The zero-order valence-corrected chi connectivity index (χ0v) is 11.2. The van der Waals surface area contributed by atoms with Crippen LogP contribution in [0.15, 0.2) is 9.59 Å². The molecule has 0 bridgehead atoms. The Labute approximate surface area is 111 Å². The van der Waals surface area contributed by atoms with Crippen molar-refractivity contribution in [2.24, 2.45) is 0 Å². The van der Waals surface area contributed by atoms with Crippen LogP contribution in [-0.4, -0.2) is 40.6 Å². The molecule has 0 spiro atoms. The van der Waals surface area contributed by atoms with Gasteiger partial charge in [-0.25, -0.2) is 4.79 Å². The third-order valence-corrected chi connectivity index (χ3v) is 3.48. The first-order valence-corrected chi connectivity index (χ1v) is 6.72. The van der Waals surface area contributed by atoms with E-state index in [2.05, 4.69) is 15.2 Å². The quantitative estimate of drug-likeness (QED) is 0.677. The molecule has 1 aromatic rings. The van der Waals surface area contributed by atoms with E-state index < -0.39 is 11.2 Å². The first-order chi connectivity index (χ1) is 9.13. The molecule has 19 heavy (non-hydrogen) atoms. The molecule has 2 rings (SSSR count). The Kier molecular flexibility index (Phi) is 4.26. The summed E-state index contributed by atoms with van der Waals surface area (Å²) < 4.78 is 1.35. The largest absolute Gasteiger partial charge is 0.383 e. The number of nitrogens with one attached hydrogen (secondary N) is 2. The molecule has 1 fully saturated rings. The Hall–Kier alpha value is -1.76. The number of H-pyrrole nitrogens is 1. The van der Waals surface area contributed by atoms with E-state index in [0.717, 1.165) is 19.6 Å². The van der Waals surface area contributed by atoms with Gasteiger partial charge in [-0.15, -0.1) is 0 Å². The van der Waals surface area contributed by atoms with E-state index in [4.69, 9.17) is 5.73 Å². The van der Waals surface area contributed by atoms with Crippen molar-refractivity contribution in [3.05, 3.63) is 20.8 Å². The molecule has 7 nitrogen and oxygen atoms in total. The molecule has 0 unspecified atom stereocenters. The molecule has 1 saturated heterocycles. The minimum atomic E-state index is -0.463. The van der Waals surface area contributed by atoms with Gasteiger partial charge in [0.1, 0.15) is 11.5 Å². The minimum Gasteiger partial charge on any atom is -0.383 e. The van der Waals surface area contributed by atoms with Gasteiger partial charge in [0.25, 0.3) is 5.56 Å². The van der Waals surface area contributed by atoms with Crippen LogP contribution in [0, 0.1) is 0 Å². The van der Waals surface area contributed by atoms with Crippen molar-refractivity contribution < 1.29 is 0 Å². The molecule has 4 N–H and O–H groups in total. The molecule has 0 radical (unpaired) electrons. The standard InChI is InChI=1S/C12H21N5O2/c1-2-17-10(13)9(11(18)15-12(17)19)14-5-8-16-6-3-4-7-16/h14H,2-8,13H2,1H3,(H,15,18,19). The monoisotopic (exact) mass is 267 g/mol. The Bertz CT molecular complexity index is 542. The third-order valence-electron chi connectivity index (χ3n) is 3.48. The number of aromatic amines is 1. The summed E-state index contributed by atoms with van der Waals surface area (Å²) >= 11 is 0. The summed E-state index contributed by atoms with van der Waals surface area (Å²) in [5, 5.41) is 3.04. The zero-order valence-electron chi connectivity index (χ0n) is 11.2. The zero-order chi connectivity index (χ0) is 13.8. The second kappa shape index (κ2) is 5.92. The maximum Gasteiger partial charge on any atom is 0.330 e. The highest BCUT2D eigenvalue weighted by atomic mass is 16.2. The number of hydrogen-bond donors (Lipinski definition) is 3. The van der Waals surface area contributed by atoms with Gasteiger partial charge in [0, 0.05) is 19.6 Å². The summed E-state index contributed by atoms with van der Waals surface area (Å²) in [5.74, 6) is 0.206. The van der Waals surface area contributed by atoms with Crippen LogP contribution >= 0.6 is 0 Å². The lowest BCUT2D eigenvalue weighted by Gasteiger charge is -2.16. The van der Waals surface area contributed by atoms with E-state index in [1.807, 2.05) is 6.92 Å². The van der Waals surface area contributed by atoms with Gasteiger partial charge in [-0.3, -0.25) is 14.3 Å². The van der Waals surface area contributed by atoms with Crippen LogP contribution in [0.3, 0.4) is 0 Å². The van der Waals surface area contributed by atoms with Crippen molar-refractivity contribution in [1.82, 2.24) is 14.5 Å². The normalized spacial score (nSPS) is 15.8. The fourth-order valence-electron chi connectivity index (χ4n) is 2.42. The molecule has 0 amide bonds. The molecule has 1 aliphatic heterocycles. The fraction of sp³-hybridized carbons (Fsp3) is 0.667. The summed E-state index contributed by atoms with van der Waals surface area (Å²) in [6, 6.07) is 0. The van der Waals surface area contributed by atoms with E-state index >= 15 is 0 Å². The van der Waals surface area contributed by atoms with Crippen LogP contribution in [0.4, 0.5) is 11.5 Å². The van der Waals surface area contributed by atoms with E-state index in [-0.39, 0.29) is 5.82 Å². The van der Waals surface area contributed by atoms with Gasteiger partial charge < -0.3 is 16.0 Å². The Morgan fingerprint density at radius 2 is 2.00 bits per heavy atom. The van der Waals surface area contributed by atoms with Crippen molar-refractivity contribution >= 4 is 11.5 Å². The second-order valence-electron chi connectivity index (χ2n) is 4.74. The van der Waals surface area contributed by atoms with Crippen LogP contribution < -0.4 is 22.3 Å². The van der Waals surface area contributed by atoms with Gasteiger partial charge in [0.05, 0.1) is 0 Å². The van der Waals surface area contributed by atoms with Gasteiger partial charge in [0.15, 0.2) is 0 Å². The fourth-order valence-corrected chi connectivity index (χ4v) is 2.42. The molecule has 0 saturated carbocycles. The van der Waals surface area contributed by atoms with Crippen molar-refractivity contribution in [3.8, 4) is 0 Å². The lowest BCUT2D eigenvalue weighted by Crippen LogP contribution is -2.35. The summed E-state index contributed by atoms with van der Waals surface area (Å²) in [7, 11) is 0. The number of nitrogens with zero attached hydrogens (tertiary/aromatic N) is 2. The van der Waals surface area contributed by atoms with Gasteiger partial charge in [-0.05, 0) is 32.9 Å². The highest BCUT2D eigenvalue weighted by Gasteiger charge is 2.13. The minimum absolute atomic E-state index is 0.206. The molecule has 0 aromatic carbocycles. The van der Waals surface area contributed by atoms with Crippen LogP contribution in [0.25, 0.3) is 0 Å². The predicted molar refractivity (Wildman–Crippen MR) is 75.6 cm³/mol. The molecule has 1 aliphatic rings. The number of hydrogen-bond acceptors (Lipinski definition) is 5. The predicted octanol–water partition coefficient (Wildman–Crippen LogP) is -0.354. The summed E-state index contributed by atoms with van der Waals surface area (Å²) in [4.78, 5) is 27.9. The SMILES string of the molecule is CCn1c(N)c(NCCN2CCCC2)c(=O)[nH]c1=O. The van der Waals surface area contributed by atoms with Crippen molar-refractivity contribution in [1.29, 1.82) is 0 Å². The van der Waals surface area contributed by atoms with Crippen molar-refractivity contribution in [2.75, 3.05) is 37.2 Å². The highest BCUT2D eigenvalue weighted by Crippen LogP contribution is 2.10. The molecule has 0 aliphatic carbocycles. The topological polar surface area (TPSA) is 96.2 Å². The van der Waals surface area contributed by atoms with Crippen LogP contribution in [-0.2, 0) is 6.54 Å². The average molecular weight is 267 g/mol. The lowest BCUT2D eigenvalue weighted by molar-refractivity contribution is 0.352. The second-order valence-corrected chi connectivity index (χ2v) is 4.74. The molecule has 2 heterocycles. The summed E-state index contributed by atoms with van der Waals surface area (Å²) in [5.41, 5.74) is 5.24. The van der Waals surface area contributed by atoms with Gasteiger partial charge >= 0.3 is 5.69 Å². The third kappa shape index (κ3) is 2.98. The molecule has 1 aromatic heterocycles. The van der Waals surface area contributed by atoms with E-state index in [0.29, 0.717) is 18.8 Å². The summed E-state index contributed by atoms with van der Waals surface area (Å²) in [6.45, 7) is 6.00. The molecular weight excluding hydrogens is 246 g/mol. The van der Waals surface area contributed by atoms with E-state index in [1.54, 1.807) is 0 Å². The van der Waals surface area contributed by atoms with Crippen LogP contribution in [0.2, 0.25) is 0 Å². The number of aromatic nitrogens is 2. The maximum absolute atomic E-state index is 11.7. The van der Waals surface area contributed by atoms with Gasteiger partial charge in [-0.1, -0.05) is 0 Å². The maximum atomic E-state index is 11.7. The van der Waals surface area contributed by atoms with Crippen molar-refractivity contribution in [2.45, 2.75) is 26.3 Å². The van der Waals surface area contributed by atoms with E-state index in [9.17, 15) is 9.59 Å². The number of anilines is 2. The Morgan fingerprint density at radius 1 is 1.32 bits per heavy atom. The van der Waals surface area contributed by atoms with Gasteiger partial charge in [0.2, 0.25) is 0 Å². The van der Waals surface area contributed by atoms with Gasteiger partial charge in [-0.2, -0.15) is 0 Å². The Morgan fingerprint density at radius 3 is 2.63 bits per heavy atom. The first-order valence-electron chi connectivity index (χ1n) is 6.72. The highest BCUT2D eigenvalue weighted by molar-refractivity contribution is 5.60. The van der Waals surface area contributed by atoms with E-state index in [1.165, 1.54) is 17.4 Å². The molecule has 0 atom stereocenters. The van der Waals surface area contributed by atoms with Crippen LogP contribution in [0.1, 0.15) is 19.8 Å². The summed E-state index contributed by atoms with van der Waals surface area (Å²) in [6.07, 6.45) is 2.48. The van der Waals surface area contributed by atoms with Crippen molar-refractivity contribution in [3.63, 3.8) is 0 Å². The number of likely N-dealkylation sites (tertiary alicyclic amines) is 1. The van der Waals surface area contributed by atoms with Crippen LogP contribution in [0.5, 0.6) is 0 Å². The molecule has 7 heteroatoms.